The minimum absolute atomic E-state index is 0.0538. The summed E-state index contributed by atoms with van der Waals surface area (Å²) in [4.78, 5) is 24.0. The second-order valence-electron chi connectivity index (χ2n) is 5.36. The molecule has 2 bridgehead atoms. The van der Waals surface area contributed by atoms with Crippen molar-refractivity contribution in [1.29, 1.82) is 0 Å². The Kier molecular flexibility index (Phi) is 4.44. The van der Waals surface area contributed by atoms with Crippen LogP contribution >= 0.6 is 11.3 Å². The molecule has 0 saturated heterocycles. The number of fused-ring (bicyclic) bond motifs is 3. The Morgan fingerprint density at radius 3 is 2.75 bits per heavy atom. The Balaban J connectivity index is 2.02. The van der Waals surface area contributed by atoms with Crippen molar-refractivity contribution in [3.05, 3.63) is 45.6 Å². The van der Waals surface area contributed by atoms with Crippen molar-refractivity contribution in [2.75, 3.05) is 19.3 Å². The topological polar surface area (TPSA) is 60.4 Å². The first-order valence-corrected chi connectivity index (χ1v) is 8.29. The zero-order valence-corrected chi connectivity index (χ0v) is 14.7. The molecule has 2 aliphatic rings. The van der Waals surface area contributed by atoms with Gasteiger partial charge in [-0.25, -0.2) is 9.86 Å². The fourth-order valence-corrected chi connectivity index (χ4v) is 3.43. The molecule has 1 aromatic heterocycles. The summed E-state index contributed by atoms with van der Waals surface area (Å²) < 4.78 is 4.79. The molecule has 4 rings (SSSR count). The standard InChI is InChI=1S/C17H18N2O4S/c1-10-8-12-9-13(15(18-22-4)17(20)21-3)16(10)23-19(12)11(2)14-6-5-7-24-14/h5-9,11H,1-4H3. The van der Waals surface area contributed by atoms with Gasteiger partial charge in [0.25, 0.3) is 0 Å². The monoisotopic (exact) mass is 346 g/mol. The number of methoxy groups -OCH3 is 1. The van der Waals surface area contributed by atoms with Gasteiger partial charge in [0.05, 0.1) is 24.4 Å². The summed E-state index contributed by atoms with van der Waals surface area (Å²) in [5.41, 5.74) is 2.42. The van der Waals surface area contributed by atoms with Crippen LogP contribution in [0.15, 0.2) is 34.8 Å². The van der Waals surface area contributed by atoms with Gasteiger partial charge in [0, 0.05) is 4.88 Å². The first-order chi connectivity index (χ1) is 11.6. The number of hydroxylamine groups is 1. The van der Waals surface area contributed by atoms with E-state index >= 15 is 0 Å². The van der Waals surface area contributed by atoms with Gasteiger partial charge in [-0.05, 0) is 43.0 Å². The van der Waals surface area contributed by atoms with Crippen LogP contribution in [0.4, 0.5) is 5.69 Å². The van der Waals surface area contributed by atoms with Crippen LogP contribution in [0.5, 0.6) is 5.75 Å². The molecule has 126 valence electrons. The van der Waals surface area contributed by atoms with Crippen LogP contribution in [-0.2, 0) is 14.4 Å². The van der Waals surface area contributed by atoms with Crippen molar-refractivity contribution < 1.29 is 19.2 Å². The molecule has 0 amide bonds. The van der Waals surface area contributed by atoms with Crippen LogP contribution in [0.25, 0.3) is 0 Å². The fraction of sp³-hybridized carbons (Fsp3) is 0.294. The highest BCUT2D eigenvalue weighted by Gasteiger charge is 2.32. The van der Waals surface area contributed by atoms with Gasteiger partial charge in [-0.2, -0.15) is 0 Å². The number of rotatable bonds is 5. The second kappa shape index (κ2) is 6.52. The van der Waals surface area contributed by atoms with Gasteiger partial charge in [-0.15, -0.1) is 11.3 Å². The number of hydrogen-bond acceptors (Lipinski definition) is 7. The van der Waals surface area contributed by atoms with Crippen molar-refractivity contribution in [3.63, 3.8) is 0 Å². The number of ether oxygens (including phenoxy) is 1. The van der Waals surface area contributed by atoms with Crippen molar-refractivity contribution in [2.45, 2.75) is 19.9 Å². The van der Waals surface area contributed by atoms with Gasteiger partial charge in [-0.3, -0.25) is 0 Å². The highest BCUT2D eigenvalue weighted by Crippen LogP contribution is 2.41. The van der Waals surface area contributed by atoms with Crippen LogP contribution in [0.1, 0.15) is 29.0 Å². The maximum absolute atomic E-state index is 12.0. The Hall–Kier alpha value is -2.54. The third-order valence-corrected chi connectivity index (χ3v) is 4.87. The molecule has 0 fully saturated rings. The largest absolute Gasteiger partial charge is 0.464 e. The lowest BCUT2D eigenvalue weighted by Gasteiger charge is -2.36. The molecule has 0 aliphatic carbocycles. The lowest BCUT2D eigenvalue weighted by Crippen LogP contribution is -2.35. The summed E-state index contributed by atoms with van der Waals surface area (Å²) in [5, 5.41) is 7.68. The average Bonchev–Trinajstić information content (AvgIpc) is 3.12. The van der Waals surface area contributed by atoms with E-state index in [1.54, 1.807) is 11.3 Å². The molecule has 0 spiro atoms. The Morgan fingerprint density at radius 1 is 1.38 bits per heavy atom. The minimum atomic E-state index is -0.571. The Morgan fingerprint density at radius 2 is 2.17 bits per heavy atom. The third-order valence-electron chi connectivity index (χ3n) is 3.83. The quantitative estimate of drug-likeness (QED) is 0.471. The van der Waals surface area contributed by atoms with Gasteiger partial charge >= 0.3 is 5.97 Å². The molecule has 0 radical (unpaired) electrons. The van der Waals surface area contributed by atoms with Gasteiger partial charge in [0.1, 0.15) is 7.11 Å². The average molecular weight is 346 g/mol. The molecule has 1 aromatic carbocycles. The lowest BCUT2D eigenvalue weighted by molar-refractivity contribution is -0.132. The molecule has 7 heteroatoms. The first kappa shape index (κ1) is 16.3. The number of carbonyl (C=O) groups excluding carboxylic acids is 1. The van der Waals surface area contributed by atoms with Crippen LogP contribution in [0, 0.1) is 6.92 Å². The number of nitrogens with zero attached hydrogens (tertiary/aromatic N) is 2. The van der Waals surface area contributed by atoms with Crippen molar-refractivity contribution in [3.8, 4) is 5.75 Å². The van der Waals surface area contributed by atoms with Crippen LogP contribution in [0.3, 0.4) is 0 Å². The fourth-order valence-electron chi connectivity index (χ4n) is 2.66. The molecule has 1 unspecified atom stereocenters. The van der Waals surface area contributed by atoms with E-state index in [1.807, 2.05) is 35.6 Å². The predicted octanol–water partition coefficient (Wildman–Crippen LogP) is 3.46. The lowest BCUT2D eigenvalue weighted by atomic mass is 10.0. The summed E-state index contributed by atoms with van der Waals surface area (Å²) in [5.74, 6) is 0.00705. The van der Waals surface area contributed by atoms with Crippen molar-refractivity contribution in [2.24, 2.45) is 5.16 Å². The highest BCUT2D eigenvalue weighted by atomic mass is 32.1. The highest BCUT2D eigenvalue weighted by molar-refractivity contribution is 7.10. The van der Waals surface area contributed by atoms with E-state index in [-0.39, 0.29) is 11.8 Å². The SMILES string of the molecule is CON=C(C(=O)OC)c1cc2cc(C)c1ON2C(C)c1cccs1. The number of thiophene rings is 1. The Bertz CT molecular complexity index is 786. The van der Waals surface area contributed by atoms with Gasteiger partial charge < -0.3 is 14.4 Å². The van der Waals surface area contributed by atoms with Crippen LogP contribution in [-0.4, -0.2) is 25.9 Å². The van der Waals surface area contributed by atoms with E-state index in [9.17, 15) is 4.79 Å². The summed E-state index contributed by atoms with van der Waals surface area (Å²) in [7, 11) is 2.69. The number of carbonyl (C=O) groups is 1. The van der Waals surface area contributed by atoms with E-state index in [2.05, 4.69) is 18.1 Å². The molecular formula is C17H18N2O4S. The van der Waals surface area contributed by atoms with Crippen molar-refractivity contribution >= 4 is 28.7 Å². The van der Waals surface area contributed by atoms with E-state index in [4.69, 9.17) is 14.4 Å². The van der Waals surface area contributed by atoms with Crippen LogP contribution < -0.4 is 9.90 Å². The summed E-state index contributed by atoms with van der Waals surface area (Å²) >= 11 is 1.67. The molecule has 0 N–H and O–H groups in total. The maximum Gasteiger partial charge on any atom is 0.360 e. The number of anilines is 1. The molecule has 6 nitrogen and oxygen atoms in total. The number of hydrogen-bond donors (Lipinski definition) is 0. The van der Waals surface area contributed by atoms with Crippen molar-refractivity contribution in [1.82, 2.24) is 0 Å². The van der Waals surface area contributed by atoms with Gasteiger partial charge in [0.15, 0.2) is 11.5 Å². The molecule has 1 atom stereocenters. The molecule has 2 aliphatic heterocycles. The summed E-state index contributed by atoms with van der Waals surface area (Å²) in [6.07, 6.45) is 0. The number of aryl methyl sites for hydroxylation is 1. The van der Waals surface area contributed by atoms with E-state index in [0.29, 0.717) is 11.3 Å². The molecule has 0 saturated carbocycles. The predicted molar refractivity (Wildman–Crippen MR) is 92.6 cm³/mol. The zero-order valence-electron chi connectivity index (χ0n) is 13.9. The summed E-state index contributed by atoms with van der Waals surface area (Å²) in [6, 6.07) is 8.02. The van der Waals surface area contributed by atoms with Gasteiger partial charge in [0.2, 0.25) is 0 Å². The van der Waals surface area contributed by atoms with E-state index in [0.717, 1.165) is 11.3 Å². The van der Waals surface area contributed by atoms with Crippen LogP contribution in [0.2, 0.25) is 0 Å². The second-order valence-corrected chi connectivity index (χ2v) is 6.34. The smallest absolute Gasteiger partial charge is 0.360 e. The molecular weight excluding hydrogens is 328 g/mol. The molecule has 2 aromatic rings. The molecule has 3 heterocycles. The maximum atomic E-state index is 12.0. The number of esters is 1. The van der Waals surface area contributed by atoms with E-state index < -0.39 is 5.97 Å². The summed E-state index contributed by atoms with van der Waals surface area (Å²) in [6.45, 7) is 4.00. The van der Waals surface area contributed by atoms with Gasteiger partial charge in [-0.1, -0.05) is 11.2 Å². The van der Waals surface area contributed by atoms with E-state index in [1.165, 1.54) is 19.1 Å². The zero-order chi connectivity index (χ0) is 17.3. The number of benzene rings is 1. The minimum Gasteiger partial charge on any atom is -0.464 e. The molecule has 24 heavy (non-hydrogen) atoms. The number of oxime groups is 1. The first-order valence-electron chi connectivity index (χ1n) is 7.42. The Labute approximate surface area is 144 Å². The third kappa shape index (κ3) is 2.71. The normalized spacial score (nSPS) is 14.3.